The van der Waals surface area contributed by atoms with Crippen molar-refractivity contribution >= 4 is 49.8 Å². The largest absolute Gasteiger partial charge is 0.310 e. The third-order valence-corrected chi connectivity index (χ3v) is 12.6. The molecule has 0 aliphatic rings. The van der Waals surface area contributed by atoms with Crippen molar-refractivity contribution in [3.05, 3.63) is 255 Å². The van der Waals surface area contributed by atoms with E-state index in [0.717, 1.165) is 72.6 Å². The highest BCUT2D eigenvalue weighted by atomic mass is 15.1. The number of benzene rings is 10. The van der Waals surface area contributed by atoms with Gasteiger partial charge < -0.3 is 9.47 Å². The topological polar surface area (TPSA) is 34.0 Å². The van der Waals surface area contributed by atoms with Crippen LogP contribution in [-0.2, 0) is 0 Å². The first-order valence-corrected chi connectivity index (χ1v) is 22.4. The molecule has 10 aromatic carbocycles. The highest BCUT2D eigenvalue weighted by Gasteiger charge is 2.18. The molecular formula is C62H42N4. The predicted molar refractivity (Wildman–Crippen MR) is 276 cm³/mol. The average molecular weight is 843 g/mol. The first kappa shape index (κ1) is 38.8. The van der Waals surface area contributed by atoms with E-state index in [1.54, 1.807) is 0 Å². The van der Waals surface area contributed by atoms with Crippen LogP contribution in [0.1, 0.15) is 0 Å². The van der Waals surface area contributed by atoms with Gasteiger partial charge in [-0.15, -0.1) is 0 Å². The van der Waals surface area contributed by atoms with Gasteiger partial charge in [-0.2, -0.15) is 0 Å². The van der Waals surface area contributed by atoms with Crippen molar-refractivity contribution in [2.45, 2.75) is 0 Å². The summed E-state index contributed by atoms with van der Waals surface area (Å²) < 4.78 is 2.41. The predicted octanol–water partition coefficient (Wildman–Crippen LogP) is 16.5. The summed E-state index contributed by atoms with van der Waals surface area (Å²) in [4.78, 5) is 12.5. The Bertz CT molecular complexity index is 3570. The summed E-state index contributed by atoms with van der Waals surface area (Å²) in [6, 6.07) is 90.7. The minimum absolute atomic E-state index is 0.711. The lowest BCUT2D eigenvalue weighted by Gasteiger charge is -2.26. The molecule has 2 aromatic heterocycles. The fourth-order valence-corrected chi connectivity index (χ4v) is 9.35. The SMILES string of the molecule is c1ccc(-c2ccc(N(c3ccc(-c4ccccc4)cc3)c3cccc(-n4c5ccccc5c5ccc(-c6ccc(-c7nc(-c8ccccc8)c8ccccc8n7)cc6)cc54)c3)cc2)cc1. The number of hydrogen-bond acceptors (Lipinski definition) is 3. The van der Waals surface area contributed by atoms with E-state index in [1.165, 1.54) is 33.0 Å². The lowest BCUT2D eigenvalue weighted by molar-refractivity contribution is 1.17. The second-order valence-corrected chi connectivity index (χ2v) is 16.6. The number of anilines is 3. The van der Waals surface area contributed by atoms with Crippen molar-refractivity contribution in [1.29, 1.82) is 0 Å². The molecule has 2 heterocycles. The number of aromatic nitrogens is 3. The van der Waals surface area contributed by atoms with Gasteiger partial charge in [-0.1, -0.05) is 194 Å². The van der Waals surface area contributed by atoms with E-state index in [2.05, 4.69) is 246 Å². The van der Waals surface area contributed by atoms with Crippen LogP contribution in [0.2, 0.25) is 0 Å². The van der Waals surface area contributed by atoms with Crippen LogP contribution >= 0.6 is 0 Å². The summed E-state index contributed by atoms with van der Waals surface area (Å²) in [5.74, 6) is 0.711. The Balaban J connectivity index is 0.943. The second-order valence-electron chi connectivity index (χ2n) is 16.6. The van der Waals surface area contributed by atoms with Gasteiger partial charge in [0.2, 0.25) is 0 Å². The third kappa shape index (κ3) is 7.17. The number of para-hydroxylation sites is 2. The molecule has 0 radical (unpaired) electrons. The summed E-state index contributed by atoms with van der Waals surface area (Å²) in [5.41, 5.74) is 17.6. The van der Waals surface area contributed by atoms with Gasteiger partial charge in [0.05, 0.1) is 22.2 Å². The van der Waals surface area contributed by atoms with Crippen molar-refractivity contribution in [1.82, 2.24) is 14.5 Å². The molecule has 0 aliphatic heterocycles. The number of nitrogens with zero attached hydrogens (tertiary/aromatic N) is 4. The van der Waals surface area contributed by atoms with Gasteiger partial charge in [0.15, 0.2) is 5.82 Å². The molecule has 0 N–H and O–H groups in total. The van der Waals surface area contributed by atoms with Crippen LogP contribution in [0.25, 0.3) is 94.4 Å². The van der Waals surface area contributed by atoms with Crippen LogP contribution in [0.3, 0.4) is 0 Å². The van der Waals surface area contributed by atoms with E-state index < -0.39 is 0 Å². The van der Waals surface area contributed by atoms with Crippen molar-refractivity contribution in [3.8, 4) is 61.7 Å². The molecule has 4 heteroatoms. The minimum Gasteiger partial charge on any atom is -0.310 e. The van der Waals surface area contributed by atoms with Gasteiger partial charge in [0, 0.05) is 50.0 Å². The van der Waals surface area contributed by atoms with Gasteiger partial charge in [0.1, 0.15) is 0 Å². The van der Waals surface area contributed by atoms with Gasteiger partial charge in [-0.05, 0) is 94.0 Å². The molecule has 0 saturated heterocycles. The van der Waals surface area contributed by atoms with Crippen molar-refractivity contribution in [3.63, 3.8) is 0 Å². The number of fused-ring (bicyclic) bond motifs is 4. The minimum atomic E-state index is 0.711. The molecule has 0 fully saturated rings. The molecule has 4 nitrogen and oxygen atoms in total. The van der Waals surface area contributed by atoms with Gasteiger partial charge >= 0.3 is 0 Å². The number of hydrogen-bond donors (Lipinski definition) is 0. The highest BCUT2D eigenvalue weighted by Crippen LogP contribution is 2.40. The quantitative estimate of drug-likeness (QED) is 0.145. The van der Waals surface area contributed by atoms with Crippen molar-refractivity contribution in [2.75, 3.05) is 4.90 Å². The normalized spacial score (nSPS) is 11.3. The van der Waals surface area contributed by atoms with Crippen LogP contribution < -0.4 is 4.90 Å². The summed E-state index contributed by atoms with van der Waals surface area (Å²) >= 11 is 0. The van der Waals surface area contributed by atoms with Crippen LogP contribution in [-0.4, -0.2) is 14.5 Å². The molecule has 0 unspecified atom stereocenters. The summed E-state index contributed by atoms with van der Waals surface area (Å²) in [7, 11) is 0. The van der Waals surface area contributed by atoms with E-state index in [1.807, 2.05) is 18.2 Å². The monoisotopic (exact) mass is 842 g/mol. The Morgan fingerprint density at radius 3 is 1.42 bits per heavy atom. The maximum absolute atomic E-state index is 5.13. The summed E-state index contributed by atoms with van der Waals surface area (Å²) in [6.07, 6.45) is 0. The molecule has 0 amide bonds. The molecule has 0 bridgehead atoms. The zero-order valence-electron chi connectivity index (χ0n) is 36.0. The maximum Gasteiger partial charge on any atom is 0.160 e. The van der Waals surface area contributed by atoms with E-state index in [4.69, 9.17) is 9.97 Å². The summed E-state index contributed by atoms with van der Waals surface area (Å²) in [6.45, 7) is 0. The first-order valence-electron chi connectivity index (χ1n) is 22.4. The second kappa shape index (κ2) is 16.7. The fraction of sp³-hybridized carbons (Fsp3) is 0. The number of rotatable bonds is 9. The Morgan fingerprint density at radius 2 is 0.773 bits per heavy atom. The fourth-order valence-electron chi connectivity index (χ4n) is 9.35. The van der Waals surface area contributed by atoms with Crippen LogP contribution in [0.5, 0.6) is 0 Å². The van der Waals surface area contributed by atoms with Crippen LogP contribution in [0.4, 0.5) is 17.1 Å². The van der Waals surface area contributed by atoms with E-state index in [0.29, 0.717) is 5.82 Å². The van der Waals surface area contributed by atoms with Gasteiger partial charge in [-0.3, -0.25) is 0 Å². The molecule has 12 aromatic rings. The Labute approximate surface area is 384 Å². The molecule has 0 saturated carbocycles. The van der Waals surface area contributed by atoms with Crippen LogP contribution in [0, 0.1) is 0 Å². The van der Waals surface area contributed by atoms with E-state index in [9.17, 15) is 0 Å². The zero-order chi connectivity index (χ0) is 43.8. The Hall–Kier alpha value is -8.86. The van der Waals surface area contributed by atoms with Gasteiger partial charge in [-0.25, -0.2) is 9.97 Å². The lowest BCUT2D eigenvalue weighted by atomic mass is 10.0. The highest BCUT2D eigenvalue weighted by molar-refractivity contribution is 6.10. The zero-order valence-corrected chi connectivity index (χ0v) is 36.0. The lowest BCUT2D eigenvalue weighted by Crippen LogP contribution is -2.10. The van der Waals surface area contributed by atoms with Gasteiger partial charge in [0.25, 0.3) is 0 Å². The smallest absolute Gasteiger partial charge is 0.160 e. The van der Waals surface area contributed by atoms with E-state index in [-0.39, 0.29) is 0 Å². The molecule has 12 rings (SSSR count). The molecule has 0 aliphatic carbocycles. The molecular weight excluding hydrogens is 801 g/mol. The van der Waals surface area contributed by atoms with E-state index >= 15 is 0 Å². The average Bonchev–Trinajstić information content (AvgIpc) is 3.73. The maximum atomic E-state index is 5.13. The molecule has 0 atom stereocenters. The molecule has 0 spiro atoms. The first-order chi connectivity index (χ1) is 32.7. The van der Waals surface area contributed by atoms with Crippen molar-refractivity contribution in [2.24, 2.45) is 0 Å². The standard InChI is InChI=1S/C62H42N4/c1-4-15-43(16-5-1)45-31-36-51(37-32-45)65(52-38-33-46(34-39-52)44-17-6-2-7-18-44)53-21-14-22-54(42-53)66-59-26-13-11-23-55(59)56-40-35-50(41-60(56)66)47-27-29-49(30-28-47)62-63-58-25-12-10-24-57(58)61(64-62)48-19-8-3-9-20-48/h1-42H. The Kier molecular flexibility index (Phi) is 9.81. The third-order valence-electron chi connectivity index (χ3n) is 12.6. The van der Waals surface area contributed by atoms with Crippen LogP contribution in [0.15, 0.2) is 255 Å². The summed E-state index contributed by atoms with van der Waals surface area (Å²) in [5, 5.41) is 3.47. The Morgan fingerprint density at radius 1 is 0.288 bits per heavy atom. The molecule has 66 heavy (non-hydrogen) atoms. The molecule has 310 valence electrons. The van der Waals surface area contributed by atoms with Crippen molar-refractivity contribution < 1.29 is 0 Å².